The number of hydrogen-bond donors (Lipinski definition) is 1. The number of carbonyl (C=O) groups is 2. The van der Waals surface area contributed by atoms with Crippen LogP contribution in [0, 0.1) is 0 Å². The SMILES string of the molecule is CC(=O)N(C)C(C)(C(=O)O)c1ccc2oc(-c3ccc(Cl)cc3Cl)nc2c1. The average Bonchev–Trinajstić information content (AvgIpc) is 3.02. The molecule has 0 spiro atoms. The summed E-state index contributed by atoms with van der Waals surface area (Å²) in [6.45, 7) is 2.78. The Balaban J connectivity index is 2.13. The molecule has 3 aromatic rings. The number of carbonyl (C=O) groups excluding carboxylic acids is 1. The molecule has 0 saturated carbocycles. The maximum absolute atomic E-state index is 11.9. The number of benzene rings is 2. The van der Waals surface area contributed by atoms with Crippen molar-refractivity contribution < 1.29 is 19.1 Å². The average molecular weight is 407 g/mol. The zero-order valence-corrected chi connectivity index (χ0v) is 16.3. The molecule has 8 heteroatoms. The molecule has 1 amide bonds. The molecular formula is C19H16Cl2N2O4. The number of carboxylic acids is 1. The lowest BCUT2D eigenvalue weighted by atomic mass is 9.90. The van der Waals surface area contributed by atoms with Gasteiger partial charge in [0.25, 0.3) is 0 Å². The number of hydrogen-bond acceptors (Lipinski definition) is 4. The first-order valence-corrected chi connectivity index (χ1v) is 8.74. The van der Waals surface area contributed by atoms with Gasteiger partial charge in [0.05, 0.1) is 10.6 Å². The summed E-state index contributed by atoms with van der Waals surface area (Å²) in [6, 6.07) is 9.78. The highest BCUT2D eigenvalue weighted by molar-refractivity contribution is 6.36. The van der Waals surface area contributed by atoms with Gasteiger partial charge in [0.2, 0.25) is 11.8 Å². The molecule has 0 fully saturated rings. The number of oxazole rings is 1. The number of aliphatic carboxylic acids is 1. The molecule has 1 unspecified atom stereocenters. The summed E-state index contributed by atoms with van der Waals surface area (Å²) in [6.07, 6.45) is 0. The van der Waals surface area contributed by atoms with Gasteiger partial charge in [-0.25, -0.2) is 9.78 Å². The van der Waals surface area contributed by atoms with E-state index in [-0.39, 0.29) is 5.91 Å². The smallest absolute Gasteiger partial charge is 0.334 e. The van der Waals surface area contributed by atoms with Gasteiger partial charge in [-0.3, -0.25) is 4.79 Å². The molecule has 2 aromatic carbocycles. The predicted octanol–water partition coefficient (Wildman–Crippen LogP) is 4.58. The highest BCUT2D eigenvalue weighted by Gasteiger charge is 2.41. The summed E-state index contributed by atoms with van der Waals surface area (Å²) < 4.78 is 5.74. The standard InChI is InChI=1S/C19H16Cl2N2O4/c1-10(24)23(3)19(2,18(25)26)11-4-7-16-15(8-11)22-17(27-16)13-6-5-12(20)9-14(13)21/h4-9H,1-3H3,(H,25,26). The van der Waals surface area contributed by atoms with Crippen LogP contribution in [-0.2, 0) is 15.1 Å². The lowest BCUT2D eigenvalue weighted by Gasteiger charge is -2.34. The van der Waals surface area contributed by atoms with Gasteiger partial charge < -0.3 is 14.4 Å². The highest BCUT2D eigenvalue weighted by atomic mass is 35.5. The van der Waals surface area contributed by atoms with Crippen molar-refractivity contribution in [1.29, 1.82) is 0 Å². The van der Waals surface area contributed by atoms with Crippen LogP contribution in [-0.4, -0.2) is 33.9 Å². The van der Waals surface area contributed by atoms with E-state index in [1.165, 1.54) is 25.8 Å². The number of carboxylic acid groups (broad SMARTS) is 1. The molecule has 0 aliphatic rings. The summed E-state index contributed by atoms with van der Waals surface area (Å²) in [4.78, 5) is 29.3. The molecule has 3 rings (SSSR count). The van der Waals surface area contributed by atoms with Gasteiger partial charge in [-0.2, -0.15) is 0 Å². The van der Waals surface area contributed by atoms with E-state index >= 15 is 0 Å². The Bertz CT molecular complexity index is 1060. The van der Waals surface area contributed by atoms with Crippen molar-refractivity contribution in [2.75, 3.05) is 7.05 Å². The van der Waals surface area contributed by atoms with Gasteiger partial charge in [0.15, 0.2) is 11.1 Å². The molecule has 140 valence electrons. The predicted molar refractivity (Wildman–Crippen MR) is 103 cm³/mol. The molecule has 0 aliphatic heterocycles. The second-order valence-corrected chi connectivity index (χ2v) is 7.12. The third-order valence-corrected chi connectivity index (χ3v) is 5.22. The van der Waals surface area contributed by atoms with Crippen molar-refractivity contribution in [2.45, 2.75) is 19.4 Å². The quantitative estimate of drug-likeness (QED) is 0.685. The number of amides is 1. The largest absolute Gasteiger partial charge is 0.479 e. The van der Waals surface area contributed by atoms with E-state index < -0.39 is 11.5 Å². The lowest BCUT2D eigenvalue weighted by Crippen LogP contribution is -2.49. The number of rotatable bonds is 4. The third-order valence-electron chi connectivity index (χ3n) is 4.67. The molecule has 0 aliphatic carbocycles. The Morgan fingerprint density at radius 3 is 2.48 bits per heavy atom. The first kappa shape index (κ1) is 19.2. The van der Waals surface area contributed by atoms with Crippen molar-refractivity contribution in [1.82, 2.24) is 9.88 Å². The molecule has 1 atom stereocenters. The summed E-state index contributed by atoms with van der Waals surface area (Å²) in [5, 5.41) is 10.6. The second-order valence-electron chi connectivity index (χ2n) is 6.28. The molecule has 1 N–H and O–H groups in total. The van der Waals surface area contributed by atoms with Crippen LogP contribution >= 0.6 is 23.2 Å². The molecule has 27 heavy (non-hydrogen) atoms. The van der Waals surface area contributed by atoms with E-state index in [1.807, 2.05) is 0 Å². The summed E-state index contributed by atoms with van der Waals surface area (Å²) in [5.74, 6) is -1.22. The molecule has 0 bridgehead atoms. The minimum absolute atomic E-state index is 0.292. The number of likely N-dealkylation sites (N-methyl/N-ethyl adjacent to an activating group) is 1. The van der Waals surface area contributed by atoms with E-state index in [1.54, 1.807) is 36.4 Å². The van der Waals surface area contributed by atoms with Gasteiger partial charge in [-0.05, 0) is 42.8 Å². The van der Waals surface area contributed by atoms with Gasteiger partial charge in [0.1, 0.15) is 5.52 Å². The fourth-order valence-electron chi connectivity index (χ4n) is 2.78. The number of nitrogens with zero attached hydrogens (tertiary/aromatic N) is 2. The number of halogens is 2. The van der Waals surface area contributed by atoms with Crippen LogP contribution in [0.15, 0.2) is 40.8 Å². The lowest BCUT2D eigenvalue weighted by molar-refractivity contribution is -0.156. The third kappa shape index (κ3) is 3.26. The van der Waals surface area contributed by atoms with Crippen LogP contribution in [0.4, 0.5) is 0 Å². The van der Waals surface area contributed by atoms with E-state index in [9.17, 15) is 14.7 Å². The van der Waals surface area contributed by atoms with Crippen molar-refractivity contribution >= 4 is 46.2 Å². The van der Waals surface area contributed by atoms with E-state index in [2.05, 4.69) is 4.98 Å². The molecule has 1 aromatic heterocycles. The molecule has 0 radical (unpaired) electrons. The fraction of sp³-hybridized carbons (Fsp3) is 0.211. The van der Waals surface area contributed by atoms with Gasteiger partial charge in [-0.1, -0.05) is 29.3 Å². The highest BCUT2D eigenvalue weighted by Crippen LogP contribution is 2.34. The van der Waals surface area contributed by atoms with Crippen LogP contribution in [0.5, 0.6) is 0 Å². The van der Waals surface area contributed by atoms with Gasteiger partial charge in [-0.15, -0.1) is 0 Å². The van der Waals surface area contributed by atoms with Crippen molar-refractivity contribution in [3.05, 3.63) is 52.0 Å². The molecule has 1 heterocycles. The van der Waals surface area contributed by atoms with Crippen LogP contribution < -0.4 is 0 Å². The van der Waals surface area contributed by atoms with E-state index in [0.29, 0.717) is 38.2 Å². The number of aromatic nitrogens is 1. The van der Waals surface area contributed by atoms with Crippen molar-refractivity contribution in [3.8, 4) is 11.5 Å². The zero-order valence-electron chi connectivity index (χ0n) is 14.8. The Morgan fingerprint density at radius 2 is 1.89 bits per heavy atom. The normalized spacial score (nSPS) is 13.4. The van der Waals surface area contributed by atoms with Gasteiger partial charge in [0, 0.05) is 19.0 Å². The minimum atomic E-state index is -1.54. The summed E-state index contributed by atoms with van der Waals surface area (Å²) >= 11 is 12.1. The Labute approximate surface area is 165 Å². The number of fused-ring (bicyclic) bond motifs is 1. The van der Waals surface area contributed by atoms with Crippen LogP contribution in [0.3, 0.4) is 0 Å². The topological polar surface area (TPSA) is 83.6 Å². The van der Waals surface area contributed by atoms with Crippen LogP contribution in [0.2, 0.25) is 10.0 Å². The van der Waals surface area contributed by atoms with E-state index in [4.69, 9.17) is 27.6 Å². The second kappa shape index (κ2) is 6.87. The minimum Gasteiger partial charge on any atom is -0.479 e. The molecule has 0 saturated heterocycles. The summed E-state index contributed by atoms with van der Waals surface area (Å²) in [5.41, 5.74) is 0.357. The maximum atomic E-state index is 11.9. The van der Waals surface area contributed by atoms with Crippen LogP contribution in [0.1, 0.15) is 19.4 Å². The molecule has 6 nitrogen and oxygen atoms in total. The fourth-order valence-corrected chi connectivity index (χ4v) is 3.27. The Kier molecular flexibility index (Phi) is 4.88. The monoisotopic (exact) mass is 406 g/mol. The van der Waals surface area contributed by atoms with Crippen molar-refractivity contribution in [2.24, 2.45) is 0 Å². The van der Waals surface area contributed by atoms with Crippen LogP contribution in [0.25, 0.3) is 22.6 Å². The van der Waals surface area contributed by atoms with Crippen molar-refractivity contribution in [3.63, 3.8) is 0 Å². The maximum Gasteiger partial charge on any atom is 0.334 e. The first-order valence-electron chi connectivity index (χ1n) is 7.99. The zero-order chi connectivity index (χ0) is 19.9. The first-order chi connectivity index (χ1) is 12.6. The van der Waals surface area contributed by atoms with Gasteiger partial charge >= 0.3 is 5.97 Å². The Hall–Kier alpha value is -2.57. The molecular weight excluding hydrogens is 391 g/mol. The summed E-state index contributed by atoms with van der Waals surface area (Å²) in [7, 11) is 1.45. The Morgan fingerprint density at radius 1 is 1.19 bits per heavy atom. The van der Waals surface area contributed by atoms with E-state index in [0.717, 1.165) is 0 Å².